The normalized spacial score (nSPS) is 12.1. The van der Waals surface area contributed by atoms with Crippen LogP contribution in [0.1, 0.15) is 75.4 Å². The highest BCUT2D eigenvalue weighted by molar-refractivity contribution is 5.79. The van der Waals surface area contributed by atoms with Crippen molar-refractivity contribution in [3.05, 3.63) is 59.4 Å². The number of para-hydroxylation sites is 2. The number of carbonyl (C=O) groups excluding carboxylic acids is 1. The molecule has 1 atom stereocenters. The Hall–Kier alpha value is -2.82. The summed E-state index contributed by atoms with van der Waals surface area (Å²) in [7, 11) is 0. The number of ether oxygens (including phenoxy) is 1. The van der Waals surface area contributed by atoms with Crippen LogP contribution in [0.4, 0.5) is 0 Å². The second-order valence-corrected chi connectivity index (χ2v) is 8.72. The lowest BCUT2D eigenvalue weighted by atomic mass is 10.1. The van der Waals surface area contributed by atoms with Gasteiger partial charge in [-0.2, -0.15) is 0 Å². The van der Waals surface area contributed by atoms with E-state index in [0.717, 1.165) is 46.7 Å². The molecular formula is C27H37N3O2. The molecule has 5 heteroatoms. The molecule has 0 spiro atoms. The van der Waals surface area contributed by atoms with Crippen molar-refractivity contribution in [1.82, 2.24) is 14.9 Å². The van der Waals surface area contributed by atoms with E-state index in [1.807, 2.05) is 57.2 Å². The summed E-state index contributed by atoms with van der Waals surface area (Å²) in [4.78, 5) is 17.5. The molecule has 0 aliphatic rings. The topological polar surface area (TPSA) is 56.2 Å². The fraction of sp³-hybridized carbons (Fsp3) is 0.481. The molecule has 0 radical (unpaired) electrons. The Bertz CT molecular complexity index is 1020. The number of unbranched alkanes of at least 4 members (excludes halogenated alkanes) is 5. The van der Waals surface area contributed by atoms with E-state index >= 15 is 0 Å². The fourth-order valence-electron chi connectivity index (χ4n) is 4.06. The fourth-order valence-corrected chi connectivity index (χ4v) is 4.06. The minimum atomic E-state index is -0.197. The number of carbonyl (C=O) groups is 1. The van der Waals surface area contributed by atoms with Crippen LogP contribution in [0.2, 0.25) is 0 Å². The van der Waals surface area contributed by atoms with Crippen LogP contribution in [0, 0.1) is 13.8 Å². The number of aryl methyl sites for hydroxylation is 3. The van der Waals surface area contributed by atoms with Crippen LogP contribution in [0.5, 0.6) is 5.75 Å². The number of hydrogen-bond acceptors (Lipinski definition) is 3. The van der Waals surface area contributed by atoms with Gasteiger partial charge in [0.15, 0.2) is 6.61 Å². The molecule has 0 saturated carbocycles. The first-order valence-electron chi connectivity index (χ1n) is 11.9. The number of nitrogens with one attached hydrogen (secondary N) is 1. The Morgan fingerprint density at radius 2 is 1.81 bits per heavy atom. The predicted molar refractivity (Wildman–Crippen MR) is 131 cm³/mol. The summed E-state index contributed by atoms with van der Waals surface area (Å²) in [6, 6.07) is 14.0. The molecular weight excluding hydrogens is 398 g/mol. The maximum Gasteiger partial charge on any atom is 0.258 e. The summed E-state index contributed by atoms with van der Waals surface area (Å²) >= 11 is 0. The average Bonchev–Trinajstić information content (AvgIpc) is 3.15. The van der Waals surface area contributed by atoms with Crippen LogP contribution in [0.15, 0.2) is 42.5 Å². The van der Waals surface area contributed by atoms with Crippen molar-refractivity contribution in [1.29, 1.82) is 0 Å². The summed E-state index contributed by atoms with van der Waals surface area (Å²) in [5.74, 6) is 1.51. The molecule has 1 unspecified atom stereocenters. The molecule has 0 bridgehead atoms. The third-order valence-corrected chi connectivity index (χ3v) is 5.89. The number of aromatic nitrogens is 2. The summed E-state index contributed by atoms with van der Waals surface area (Å²) in [5.41, 5.74) is 4.24. The third-order valence-electron chi connectivity index (χ3n) is 5.89. The van der Waals surface area contributed by atoms with E-state index in [0.29, 0.717) is 0 Å². The molecule has 2 aromatic carbocycles. The number of benzene rings is 2. The highest BCUT2D eigenvalue weighted by atomic mass is 16.5. The molecule has 1 aromatic heterocycles. The van der Waals surface area contributed by atoms with Gasteiger partial charge in [-0.3, -0.25) is 4.79 Å². The molecule has 1 amide bonds. The van der Waals surface area contributed by atoms with Crippen LogP contribution >= 0.6 is 0 Å². The lowest BCUT2D eigenvalue weighted by molar-refractivity contribution is -0.123. The van der Waals surface area contributed by atoms with Gasteiger partial charge in [0.05, 0.1) is 17.1 Å². The van der Waals surface area contributed by atoms with Gasteiger partial charge in [0, 0.05) is 6.54 Å². The number of fused-ring (bicyclic) bond motifs is 1. The van der Waals surface area contributed by atoms with Crippen molar-refractivity contribution in [3.8, 4) is 5.75 Å². The van der Waals surface area contributed by atoms with E-state index in [1.165, 1.54) is 32.1 Å². The largest absolute Gasteiger partial charge is 0.483 e. The molecule has 0 aliphatic carbocycles. The van der Waals surface area contributed by atoms with E-state index in [9.17, 15) is 4.79 Å². The molecule has 1 N–H and O–H groups in total. The molecule has 32 heavy (non-hydrogen) atoms. The van der Waals surface area contributed by atoms with Gasteiger partial charge in [-0.1, -0.05) is 63.3 Å². The number of amides is 1. The molecule has 5 nitrogen and oxygen atoms in total. The zero-order valence-electron chi connectivity index (χ0n) is 20.0. The van der Waals surface area contributed by atoms with Crippen molar-refractivity contribution in [2.75, 3.05) is 6.61 Å². The van der Waals surface area contributed by atoms with E-state index in [1.54, 1.807) is 0 Å². The Kier molecular flexibility index (Phi) is 8.72. The van der Waals surface area contributed by atoms with Gasteiger partial charge in [-0.05, 0) is 56.5 Å². The van der Waals surface area contributed by atoms with Crippen molar-refractivity contribution >= 4 is 16.9 Å². The van der Waals surface area contributed by atoms with E-state index < -0.39 is 0 Å². The molecule has 3 rings (SSSR count). The minimum absolute atomic E-state index is 0.00765. The number of nitrogens with zero attached hydrogens (tertiary/aromatic N) is 2. The second-order valence-electron chi connectivity index (χ2n) is 8.72. The van der Waals surface area contributed by atoms with E-state index in [2.05, 4.69) is 22.9 Å². The summed E-state index contributed by atoms with van der Waals surface area (Å²) in [6.45, 7) is 9.15. The molecule has 0 aliphatic heterocycles. The third kappa shape index (κ3) is 6.35. The highest BCUT2D eigenvalue weighted by Gasteiger charge is 2.18. The maximum atomic E-state index is 12.6. The van der Waals surface area contributed by atoms with Gasteiger partial charge in [0.2, 0.25) is 0 Å². The molecule has 1 heterocycles. The molecule has 0 saturated heterocycles. The zero-order chi connectivity index (χ0) is 22.9. The van der Waals surface area contributed by atoms with Crippen molar-refractivity contribution in [2.24, 2.45) is 0 Å². The second kappa shape index (κ2) is 11.7. The van der Waals surface area contributed by atoms with Crippen LogP contribution < -0.4 is 10.1 Å². The van der Waals surface area contributed by atoms with E-state index in [4.69, 9.17) is 9.72 Å². The van der Waals surface area contributed by atoms with Gasteiger partial charge < -0.3 is 14.6 Å². The van der Waals surface area contributed by atoms with Crippen LogP contribution in [0.25, 0.3) is 11.0 Å². The minimum Gasteiger partial charge on any atom is -0.483 e. The maximum absolute atomic E-state index is 12.6. The molecule has 3 aromatic rings. The van der Waals surface area contributed by atoms with Crippen molar-refractivity contribution < 1.29 is 9.53 Å². The van der Waals surface area contributed by atoms with Crippen LogP contribution in [-0.2, 0) is 11.3 Å². The molecule has 172 valence electrons. The summed E-state index contributed by atoms with van der Waals surface area (Å²) < 4.78 is 8.05. The lowest BCUT2D eigenvalue weighted by Crippen LogP contribution is -2.32. The Morgan fingerprint density at radius 3 is 2.62 bits per heavy atom. The predicted octanol–water partition coefficient (Wildman–Crippen LogP) is 6.27. The Balaban J connectivity index is 1.63. The van der Waals surface area contributed by atoms with Crippen molar-refractivity contribution in [2.45, 2.75) is 78.8 Å². The van der Waals surface area contributed by atoms with Gasteiger partial charge in [-0.15, -0.1) is 0 Å². The Morgan fingerprint density at radius 1 is 1.06 bits per heavy atom. The molecule has 0 fully saturated rings. The standard InChI is InChI=1S/C27H37N3O2/c1-5-6-7-8-9-12-17-30-24-14-11-10-13-23(24)29-27(30)22(4)28-26(31)19-32-25-18-20(2)15-16-21(25)3/h10-11,13-16,18,22H,5-9,12,17,19H2,1-4H3,(H,28,31). The first-order chi connectivity index (χ1) is 15.5. The Labute approximate surface area is 192 Å². The lowest BCUT2D eigenvalue weighted by Gasteiger charge is -2.17. The SMILES string of the molecule is CCCCCCCCn1c(C(C)NC(=O)COc2cc(C)ccc2C)nc2ccccc21. The quantitative estimate of drug-likeness (QED) is 0.341. The van der Waals surface area contributed by atoms with E-state index in [-0.39, 0.29) is 18.6 Å². The first kappa shape index (κ1) is 23.8. The highest BCUT2D eigenvalue weighted by Crippen LogP contribution is 2.22. The number of imidazole rings is 1. The van der Waals surface area contributed by atoms with Gasteiger partial charge in [0.1, 0.15) is 11.6 Å². The first-order valence-corrected chi connectivity index (χ1v) is 11.9. The summed E-state index contributed by atoms with van der Waals surface area (Å²) in [5, 5.41) is 3.07. The smallest absolute Gasteiger partial charge is 0.258 e. The van der Waals surface area contributed by atoms with Gasteiger partial charge >= 0.3 is 0 Å². The average molecular weight is 436 g/mol. The summed E-state index contributed by atoms with van der Waals surface area (Å²) in [6.07, 6.45) is 7.50. The monoisotopic (exact) mass is 435 g/mol. The van der Waals surface area contributed by atoms with Crippen molar-refractivity contribution in [3.63, 3.8) is 0 Å². The van der Waals surface area contributed by atoms with Crippen LogP contribution in [-0.4, -0.2) is 22.1 Å². The van der Waals surface area contributed by atoms with Gasteiger partial charge in [0.25, 0.3) is 5.91 Å². The van der Waals surface area contributed by atoms with Gasteiger partial charge in [-0.25, -0.2) is 4.98 Å². The number of rotatable bonds is 12. The number of hydrogen-bond donors (Lipinski definition) is 1. The van der Waals surface area contributed by atoms with Crippen LogP contribution in [0.3, 0.4) is 0 Å². The zero-order valence-corrected chi connectivity index (χ0v) is 20.0.